The maximum Gasteiger partial charge on any atom is 0.333 e. The number of ether oxygens (including phenoxy) is 1. The molecule has 2 atom stereocenters. The van der Waals surface area contributed by atoms with Crippen molar-refractivity contribution in [2.75, 3.05) is 18.1 Å². The molecule has 1 fully saturated rings. The summed E-state index contributed by atoms with van der Waals surface area (Å²) < 4.78 is 5.32. The van der Waals surface area contributed by atoms with E-state index in [1.54, 1.807) is 36.9 Å². The van der Waals surface area contributed by atoms with Crippen molar-refractivity contribution in [3.63, 3.8) is 0 Å². The summed E-state index contributed by atoms with van der Waals surface area (Å²) in [5.41, 5.74) is 0.319. The van der Waals surface area contributed by atoms with Gasteiger partial charge in [0.1, 0.15) is 5.69 Å². The number of anilines is 1. The number of rotatable bonds is 5. The molecule has 0 aliphatic carbocycles. The second-order valence-corrected chi connectivity index (χ2v) is 4.98. The molecule has 1 N–H and O–H groups in total. The average molecular weight is 294 g/mol. The molecule has 21 heavy (non-hydrogen) atoms. The predicted molar refractivity (Wildman–Crippen MR) is 76.8 cm³/mol. The van der Waals surface area contributed by atoms with Crippen molar-refractivity contribution in [3.8, 4) is 5.75 Å². The van der Waals surface area contributed by atoms with Gasteiger partial charge < -0.3 is 14.7 Å². The van der Waals surface area contributed by atoms with Crippen LogP contribution in [-0.4, -0.2) is 35.2 Å². The Balaban J connectivity index is 2.42. The molecule has 0 amide bonds. The zero-order chi connectivity index (χ0) is 15.6. The summed E-state index contributed by atoms with van der Waals surface area (Å²) in [4.78, 5) is 23.9. The summed E-state index contributed by atoms with van der Waals surface area (Å²) in [6.45, 7) is 4.35. The van der Waals surface area contributed by atoms with Crippen LogP contribution in [0.5, 0.6) is 5.75 Å². The first kappa shape index (κ1) is 15.1. The summed E-state index contributed by atoms with van der Waals surface area (Å²) in [6, 6.07) is 4.59. The van der Waals surface area contributed by atoms with Gasteiger partial charge in [0.15, 0.2) is 5.75 Å². The molecule has 7 nitrogen and oxygen atoms in total. The zero-order valence-electron chi connectivity index (χ0n) is 12.0. The molecular weight excluding hydrogens is 276 g/mol. The standard InChI is InChI=1S/C14H18N2O5/c1-3-21-12-6-4-5-11(13(12)16(19)20)15-8-7-10(9(15)2)14(17)18/h4-6,9-10H,3,7-8H2,1-2H3,(H,17,18). The lowest BCUT2D eigenvalue weighted by Gasteiger charge is -2.25. The third-order valence-corrected chi connectivity index (χ3v) is 3.84. The van der Waals surface area contributed by atoms with Crippen molar-refractivity contribution in [3.05, 3.63) is 28.3 Å². The van der Waals surface area contributed by atoms with Gasteiger partial charge in [-0.25, -0.2) is 0 Å². The number of nitro groups is 1. The highest BCUT2D eigenvalue weighted by Crippen LogP contribution is 2.41. The number of aliphatic carboxylic acids is 1. The number of hydrogen-bond acceptors (Lipinski definition) is 5. The van der Waals surface area contributed by atoms with Crippen LogP contribution >= 0.6 is 0 Å². The fourth-order valence-electron chi connectivity index (χ4n) is 2.81. The fourth-order valence-corrected chi connectivity index (χ4v) is 2.81. The fraction of sp³-hybridized carbons (Fsp3) is 0.500. The Morgan fingerprint density at radius 1 is 1.57 bits per heavy atom. The van der Waals surface area contributed by atoms with Gasteiger partial charge in [0, 0.05) is 12.6 Å². The number of nitrogens with zero attached hydrogens (tertiary/aromatic N) is 2. The van der Waals surface area contributed by atoms with Gasteiger partial charge >= 0.3 is 11.7 Å². The molecule has 2 unspecified atom stereocenters. The van der Waals surface area contributed by atoms with Crippen LogP contribution in [0.15, 0.2) is 18.2 Å². The first-order valence-electron chi connectivity index (χ1n) is 6.87. The van der Waals surface area contributed by atoms with Crippen LogP contribution in [0.2, 0.25) is 0 Å². The van der Waals surface area contributed by atoms with Gasteiger partial charge in [-0.3, -0.25) is 14.9 Å². The van der Waals surface area contributed by atoms with Crippen LogP contribution in [0, 0.1) is 16.0 Å². The van der Waals surface area contributed by atoms with E-state index in [0.717, 1.165) is 0 Å². The van der Waals surface area contributed by atoms with Crippen molar-refractivity contribution in [1.29, 1.82) is 0 Å². The number of para-hydroxylation sites is 1. The molecule has 0 spiro atoms. The highest BCUT2D eigenvalue weighted by atomic mass is 16.6. The lowest BCUT2D eigenvalue weighted by atomic mass is 10.0. The van der Waals surface area contributed by atoms with Crippen LogP contribution in [0.3, 0.4) is 0 Å². The molecule has 1 aliphatic heterocycles. The highest BCUT2D eigenvalue weighted by Gasteiger charge is 2.38. The van der Waals surface area contributed by atoms with Gasteiger partial charge in [0.05, 0.1) is 17.4 Å². The molecule has 114 valence electrons. The van der Waals surface area contributed by atoms with Crippen LogP contribution < -0.4 is 9.64 Å². The Bertz CT molecular complexity index is 560. The Morgan fingerprint density at radius 2 is 2.29 bits per heavy atom. The molecule has 1 aromatic rings. The molecule has 0 radical (unpaired) electrons. The minimum absolute atomic E-state index is 0.0998. The Labute approximate surface area is 122 Å². The lowest BCUT2D eigenvalue weighted by Crippen LogP contribution is -2.33. The minimum atomic E-state index is -0.867. The second kappa shape index (κ2) is 5.99. The molecule has 1 heterocycles. The summed E-state index contributed by atoms with van der Waals surface area (Å²) in [7, 11) is 0. The van der Waals surface area contributed by atoms with Crippen LogP contribution in [0.1, 0.15) is 20.3 Å². The maximum atomic E-state index is 11.4. The van der Waals surface area contributed by atoms with Crippen molar-refractivity contribution < 1.29 is 19.6 Å². The van der Waals surface area contributed by atoms with Crippen molar-refractivity contribution in [1.82, 2.24) is 0 Å². The number of nitro benzene ring substituents is 1. The molecule has 0 bridgehead atoms. The van der Waals surface area contributed by atoms with Crippen molar-refractivity contribution >= 4 is 17.3 Å². The Hall–Kier alpha value is -2.31. The molecule has 7 heteroatoms. The van der Waals surface area contributed by atoms with E-state index in [9.17, 15) is 20.0 Å². The minimum Gasteiger partial charge on any atom is -0.487 e. The summed E-state index contributed by atoms with van der Waals surface area (Å²) in [6.07, 6.45) is 0.479. The van der Waals surface area contributed by atoms with E-state index in [2.05, 4.69) is 0 Å². The largest absolute Gasteiger partial charge is 0.487 e. The molecule has 1 aliphatic rings. The van der Waals surface area contributed by atoms with E-state index in [0.29, 0.717) is 25.3 Å². The first-order chi connectivity index (χ1) is 9.97. The molecule has 1 saturated heterocycles. The van der Waals surface area contributed by atoms with Crippen molar-refractivity contribution in [2.24, 2.45) is 5.92 Å². The van der Waals surface area contributed by atoms with Crippen LogP contribution in [0.25, 0.3) is 0 Å². The van der Waals surface area contributed by atoms with Gasteiger partial charge in [-0.15, -0.1) is 0 Å². The molecule has 0 aromatic heterocycles. The third-order valence-electron chi connectivity index (χ3n) is 3.84. The quantitative estimate of drug-likeness (QED) is 0.661. The number of carboxylic acid groups (broad SMARTS) is 1. The van der Waals surface area contributed by atoms with Gasteiger partial charge in [0.25, 0.3) is 0 Å². The smallest absolute Gasteiger partial charge is 0.333 e. The van der Waals surface area contributed by atoms with E-state index in [4.69, 9.17) is 4.74 Å². The maximum absolute atomic E-state index is 11.4. The summed E-state index contributed by atoms with van der Waals surface area (Å²) in [5.74, 6) is -1.17. The van der Waals surface area contributed by atoms with Gasteiger partial charge in [0.2, 0.25) is 0 Å². The van der Waals surface area contributed by atoms with Gasteiger partial charge in [-0.1, -0.05) is 6.07 Å². The average Bonchev–Trinajstić information content (AvgIpc) is 2.80. The summed E-state index contributed by atoms with van der Waals surface area (Å²) in [5, 5.41) is 20.6. The molecular formula is C14H18N2O5. The Morgan fingerprint density at radius 3 is 2.81 bits per heavy atom. The zero-order valence-corrected chi connectivity index (χ0v) is 12.0. The van der Waals surface area contributed by atoms with E-state index >= 15 is 0 Å². The topological polar surface area (TPSA) is 92.9 Å². The monoisotopic (exact) mass is 294 g/mol. The molecule has 1 aromatic carbocycles. The van der Waals surface area contributed by atoms with E-state index in [-0.39, 0.29) is 17.5 Å². The van der Waals surface area contributed by atoms with Gasteiger partial charge in [-0.05, 0) is 32.4 Å². The molecule has 0 saturated carbocycles. The summed E-state index contributed by atoms with van der Waals surface area (Å²) >= 11 is 0. The number of carbonyl (C=O) groups is 1. The molecule has 2 rings (SSSR count). The van der Waals surface area contributed by atoms with Gasteiger partial charge in [-0.2, -0.15) is 0 Å². The van der Waals surface area contributed by atoms with E-state index in [1.807, 2.05) is 0 Å². The van der Waals surface area contributed by atoms with Crippen LogP contribution in [-0.2, 0) is 4.79 Å². The number of hydrogen-bond donors (Lipinski definition) is 1. The van der Waals surface area contributed by atoms with Crippen molar-refractivity contribution in [2.45, 2.75) is 26.3 Å². The van der Waals surface area contributed by atoms with E-state index < -0.39 is 16.8 Å². The van der Waals surface area contributed by atoms with Crippen LogP contribution in [0.4, 0.5) is 11.4 Å². The second-order valence-electron chi connectivity index (χ2n) is 4.98. The third kappa shape index (κ3) is 2.76. The predicted octanol–water partition coefficient (Wildman–Crippen LogP) is 2.29. The first-order valence-corrected chi connectivity index (χ1v) is 6.87. The number of benzene rings is 1. The van der Waals surface area contributed by atoms with E-state index in [1.165, 1.54) is 0 Å². The SMILES string of the molecule is CCOc1cccc(N2CCC(C(=O)O)C2C)c1[N+](=O)[O-]. The highest BCUT2D eigenvalue weighted by molar-refractivity contribution is 5.76. The lowest BCUT2D eigenvalue weighted by molar-refractivity contribution is -0.385. The Kier molecular flexibility index (Phi) is 4.30. The number of carboxylic acids is 1. The normalized spacial score (nSPS) is 21.3.